The second-order valence-electron chi connectivity index (χ2n) is 9.13. The van der Waals surface area contributed by atoms with Crippen LogP contribution in [0.1, 0.15) is 19.3 Å². The van der Waals surface area contributed by atoms with Crippen molar-refractivity contribution in [2.75, 3.05) is 46.3 Å². The average Bonchev–Trinajstić information content (AvgIpc) is 3.15. The van der Waals surface area contributed by atoms with Crippen LogP contribution in [0.4, 0.5) is 4.39 Å². The number of halogens is 1. The molecule has 2 saturated heterocycles. The number of hydrogen-bond donors (Lipinski definition) is 0. The van der Waals surface area contributed by atoms with E-state index in [0.717, 1.165) is 43.3 Å². The first-order valence-electron chi connectivity index (χ1n) is 11.5. The topological polar surface area (TPSA) is 47.1 Å². The van der Waals surface area contributed by atoms with Crippen LogP contribution in [0.5, 0.6) is 0 Å². The number of rotatable bonds is 5. The molecule has 1 saturated carbocycles. The van der Waals surface area contributed by atoms with Gasteiger partial charge in [-0.25, -0.2) is 12.8 Å². The monoisotopic (exact) mass is 458 g/mol. The molecule has 3 fully saturated rings. The number of benzene rings is 2. The van der Waals surface area contributed by atoms with E-state index in [4.69, 9.17) is 0 Å². The Morgan fingerprint density at radius 2 is 1.53 bits per heavy atom. The minimum atomic E-state index is -3.64. The predicted molar refractivity (Wildman–Crippen MR) is 123 cm³/mol. The Hall–Kier alpha value is -1.84. The lowest BCUT2D eigenvalue weighted by molar-refractivity contribution is -0.0193. The van der Waals surface area contributed by atoms with Crippen molar-refractivity contribution in [3.8, 4) is 11.1 Å². The first-order chi connectivity index (χ1) is 15.4. The van der Waals surface area contributed by atoms with E-state index < -0.39 is 10.0 Å². The van der Waals surface area contributed by atoms with Crippen molar-refractivity contribution in [3.05, 3.63) is 54.3 Å². The van der Waals surface area contributed by atoms with Gasteiger partial charge in [0.15, 0.2) is 0 Å². The molecule has 32 heavy (non-hydrogen) atoms. The zero-order chi connectivity index (χ0) is 22.3. The summed E-state index contributed by atoms with van der Waals surface area (Å²) in [5, 5.41) is 0. The minimum absolute atomic E-state index is 0.244. The van der Waals surface area contributed by atoms with Gasteiger partial charge in [0, 0.05) is 45.3 Å². The van der Waals surface area contributed by atoms with Crippen molar-refractivity contribution in [1.82, 2.24) is 19.0 Å². The van der Waals surface area contributed by atoms with E-state index in [2.05, 4.69) is 14.7 Å². The molecule has 1 aliphatic carbocycles. The van der Waals surface area contributed by atoms with Gasteiger partial charge in [-0.1, -0.05) is 30.7 Å². The highest BCUT2D eigenvalue weighted by Crippen LogP contribution is 2.30. The standard InChI is InChI=1S/C24H31FN4O2S/c1-26-12-17-29(24(26)28-15-13-27(14-16-28)22-6-3-7-22)32(30,31)23-10-8-19(9-11-23)20-4-2-5-21(25)18-20/h2,4-5,8-11,18,22,24H,3,6-7,12-17H2,1H3. The third kappa shape index (κ3) is 4.10. The van der Waals surface area contributed by atoms with E-state index >= 15 is 0 Å². The molecule has 1 unspecified atom stereocenters. The fourth-order valence-corrected chi connectivity index (χ4v) is 6.74. The smallest absolute Gasteiger partial charge is 0.245 e. The summed E-state index contributed by atoms with van der Waals surface area (Å²) in [6.45, 7) is 4.98. The highest BCUT2D eigenvalue weighted by atomic mass is 32.2. The summed E-state index contributed by atoms with van der Waals surface area (Å²) in [4.78, 5) is 7.29. The molecule has 2 heterocycles. The molecular weight excluding hydrogens is 427 g/mol. The lowest BCUT2D eigenvalue weighted by Gasteiger charge is -2.46. The van der Waals surface area contributed by atoms with Crippen molar-refractivity contribution < 1.29 is 12.8 Å². The summed E-state index contributed by atoms with van der Waals surface area (Å²) >= 11 is 0. The van der Waals surface area contributed by atoms with E-state index in [1.807, 2.05) is 13.1 Å². The molecule has 6 nitrogen and oxygen atoms in total. The molecule has 0 radical (unpaired) electrons. The number of likely N-dealkylation sites (N-methyl/N-ethyl adjacent to an activating group) is 1. The number of piperazine rings is 1. The molecule has 3 aliphatic rings. The second-order valence-corrected chi connectivity index (χ2v) is 11.0. The van der Waals surface area contributed by atoms with Gasteiger partial charge in [0.2, 0.25) is 10.0 Å². The van der Waals surface area contributed by atoms with Crippen LogP contribution in [0.3, 0.4) is 0 Å². The molecule has 2 aliphatic heterocycles. The third-order valence-electron chi connectivity index (χ3n) is 7.21. The highest BCUT2D eigenvalue weighted by Gasteiger charge is 2.43. The predicted octanol–water partition coefficient (Wildman–Crippen LogP) is 2.88. The van der Waals surface area contributed by atoms with E-state index in [9.17, 15) is 12.8 Å². The lowest BCUT2D eigenvalue weighted by atomic mass is 9.91. The zero-order valence-electron chi connectivity index (χ0n) is 18.5. The van der Waals surface area contributed by atoms with Crippen LogP contribution < -0.4 is 0 Å². The molecule has 0 amide bonds. The number of sulfonamides is 1. The van der Waals surface area contributed by atoms with Crippen LogP contribution in [-0.4, -0.2) is 86.1 Å². The van der Waals surface area contributed by atoms with Crippen LogP contribution in [0, 0.1) is 5.82 Å². The summed E-state index contributed by atoms with van der Waals surface area (Å²) in [6, 6.07) is 13.9. The molecule has 1 atom stereocenters. The van der Waals surface area contributed by atoms with E-state index in [-0.39, 0.29) is 17.0 Å². The highest BCUT2D eigenvalue weighted by molar-refractivity contribution is 7.89. The normalized spacial score (nSPS) is 24.6. The van der Waals surface area contributed by atoms with Gasteiger partial charge in [-0.15, -0.1) is 0 Å². The van der Waals surface area contributed by atoms with Crippen LogP contribution in [0.15, 0.2) is 53.4 Å². The minimum Gasteiger partial charge on any atom is -0.298 e. The summed E-state index contributed by atoms with van der Waals surface area (Å²) in [5.74, 6) is -0.306. The van der Waals surface area contributed by atoms with E-state index in [1.165, 1.54) is 31.4 Å². The maximum Gasteiger partial charge on any atom is 0.245 e. The fourth-order valence-electron chi connectivity index (χ4n) is 5.12. The van der Waals surface area contributed by atoms with Crippen molar-refractivity contribution in [2.45, 2.75) is 36.5 Å². The van der Waals surface area contributed by atoms with Gasteiger partial charge < -0.3 is 0 Å². The quantitative estimate of drug-likeness (QED) is 0.690. The van der Waals surface area contributed by atoms with Crippen molar-refractivity contribution in [2.24, 2.45) is 0 Å². The molecule has 0 aromatic heterocycles. The largest absolute Gasteiger partial charge is 0.298 e. The van der Waals surface area contributed by atoms with E-state index in [1.54, 1.807) is 34.6 Å². The number of hydrogen-bond acceptors (Lipinski definition) is 5. The van der Waals surface area contributed by atoms with Crippen LogP contribution >= 0.6 is 0 Å². The van der Waals surface area contributed by atoms with Crippen LogP contribution in [0.25, 0.3) is 11.1 Å². The summed E-state index contributed by atoms with van der Waals surface area (Å²) in [7, 11) is -1.63. The Morgan fingerprint density at radius 1 is 0.844 bits per heavy atom. The first kappa shape index (κ1) is 22.0. The van der Waals surface area contributed by atoms with Gasteiger partial charge in [0.05, 0.1) is 4.90 Å². The summed E-state index contributed by atoms with van der Waals surface area (Å²) < 4.78 is 42.3. The number of nitrogens with zero attached hydrogens (tertiary/aromatic N) is 4. The van der Waals surface area contributed by atoms with Gasteiger partial charge in [0.25, 0.3) is 0 Å². The molecule has 2 aromatic carbocycles. The molecular formula is C24H31FN4O2S. The average molecular weight is 459 g/mol. The molecule has 5 rings (SSSR count). The Labute approximate surface area is 190 Å². The van der Waals surface area contributed by atoms with Gasteiger partial charge in [-0.05, 0) is 55.3 Å². The molecule has 8 heteroatoms. The fraction of sp³-hybridized carbons (Fsp3) is 0.500. The second kappa shape index (κ2) is 8.83. The van der Waals surface area contributed by atoms with Crippen molar-refractivity contribution in [3.63, 3.8) is 0 Å². The maximum atomic E-state index is 13.6. The molecule has 2 aromatic rings. The van der Waals surface area contributed by atoms with Crippen molar-refractivity contribution >= 4 is 10.0 Å². The maximum absolute atomic E-state index is 13.6. The van der Waals surface area contributed by atoms with Gasteiger partial charge in [-0.3, -0.25) is 14.7 Å². The molecule has 172 valence electrons. The molecule has 0 spiro atoms. The molecule has 0 bridgehead atoms. The SMILES string of the molecule is CN1CCN(S(=O)(=O)c2ccc(-c3cccc(F)c3)cc2)C1N1CCN(C2CCC2)CC1. The van der Waals surface area contributed by atoms with Crippen LogP contribution in [-0.2, 0) is 10.0 Å². The summed E-state index contributed by atoms with van der Waals surface area (Å²) in [6.07, 6.45) is 3.69. The van der Waals surface area contributed by atoms with Crippen LogP contribution in [0.2, 0.25) is 0 Å². The third-order valence-corrected chi connectivity index (χ3v) is 9.07. The van der Waals surface area contributed by atoms with Gasteiger partial charge in [-0.2, -0.15) is 4.31 Å². The Kier molecular flexibility index (Phi) is 6.07. The van der Waals surface area contributed by atoms with Crippen molar-refractivity contribution in [1.29, 1.82) is 0 Å². The molecule has 0 N–H and O–H groups in total. The Morgan fingerprint density at radius 3 is 2.16 bits per heavy atom. The first-order valence-corrected chi connectivity index (χ1v) is 12.9. The summed E-state index contributed by atoms with van der Waals surface area (Å²) in [5.41, 5.74) is 1.53. The van der Waals surface area contributed by atoms with E-state index in [0.29, 0.717) is 13.1 Å². The lowest BCUT2D eigenvalue weighted by Crippen LogP contribution is -2.60. The zero-order valence-corrected chi connectivity index (χ0v) is 19.3. The van der Waals surface area contributed by atoms with Gasteiger partial charge in [0.1, 0.15) is 12.1 Å². The Balaban J connectivity index is 1.33. The van der Waals surface area contributed by atoms with Gasteiger partial charge >= 0.3 is 0 Å². The Bertz CT molecular complexity index is 1050.